The lowest BCUT2D eigenvalue weighted by Gasteiger charge is -2.26. The molecule has 0 spiro atoms. The SMILES string of the molecule is CC[C@H](N)C(=O)N[C@H](CC(C)C)C(=O)N[C@H](C(=O)OCc1ccccc1)C(C)C. The van der Waals surface area contributed by atoms with Crippen LogP contribution in [0.2, 0.25) is 0 Å². The first-order valence-corrected chi connectivity index (χ1v) is 10.2. The van der Waals surface area contributed by atoms with E-state index in [-0.39, 0.29) is 24.3 Å². The largest absolute Gasteiger partial charge is 0.459 e. The van der Waals surface area contributed by atoms with Gasteiger partial charge in [0.1, 0.15) is 18.7 Å². The number of amides is 2. The van der Waals surface area contributed by atoms with Crippen LogP contribution < -0.4 is 16.4 Å². The van der Waals surface area contributed by atoms with Gasteiger partial charge in [-0.15, -0.1) is 0 Å². The zero-order valence-electron chi connectivity index (χ0n) is 18.1. The van der Waals surface area contributed by atoms with E-state index in [0.29, 0.717) is 12.8 Å². The average molecular weight is 406 g/mol. The Kier molecular flexibility index (Phi) is 10.4. The van der Waals surface area contributed by atoms with Crippen molar-refractivity contribution in [3.8, 4) is 0 Å². The molecule has 0 saturated carbocycles. The molecule has 0 aliphatic rings. The fourth-order valence-electron chi connectivity index (χ4n) is 2.74. The third-order valence-corrected chi connectivity index (χ3v) is 4.56. The van der Waals surface area contributed by atoms with Crippen molar-refractivity contribution in [1.29, 1.82) is 0 Å². The number of esters is 1. The normalized spacial score (nSPS) is 14.2. The lowest BCUT2D eigenvalue weighted by molar-refractivity contribution is -0.150. The van der Waals surface area contributed by atoms with Crippen molar-refractivity contribution in [1.82, 2.24) is 10.6 Å². The summed E-state index contributed by atoms with van der Waals surface area (Å²) in [7, 11) is 0. The van der Waals surface area contributed by atoms with Gasteiger partial charge in [0.25, 0.3) is 0 Å². The van der Waals surface area contributed by atoms with Crippen molar-refractivity contribution in [3.05, 3.63) is 35.9 Å². The molecule has 0 fully saturated rings. The van der Waals surface area contributed by atoms with Gasteiger partial charge in [-0.2, -0.15) is 0 Å². The molecule has 162 valence electrons. The van der Waals surface area contributed by atoms with Crippen molar-refractivity contribution in [2.45, 2.75) is 72.2 Å². The minimum Gasteiger partial charge on any atom is -0.459 e. The molecule has 1 rings (SSSR count). The summed E-state index contributed by atoms with van der Waals surface area (Å²) in [6.07, 6.45) is 0.917. The van der Waals surface area contributed by atoms with Crippen LogP contribution in [0.1, 0.15) is 53.0 Å². The average Bonchev–Trinajstić information content (AvgIpc) is 2.68. The van der Waals surface area contributed by atoms with Crippen LogP contribution in [0.5, 0.6) is 0 Å². The molecule has 0 bridgehead atoms. The minimum absolute atomic E-state index is 0.135. The molecule has 0 radical (unpaired) electrons. The fourth-order valence-corrected chi connectivity index (χ4v) is 2.74. The molecule has 0 saturated heterocycles. The molecule has 3 atom stereocenters. The summed E-state index contributed by atoms with van der Waals surface area (Å²) in [6, 6.07) is 7.10. The van der Waals surface area contributed by atoms with E-state index >= 15 is 0 Å². The van der Waals surface area contributed by atoms with Crippen LogP contribution in [0, 0.1) is 11.8 Å². The number of rotatable bonds is 11. The molecular formula is C22H35N3O4. The molecule has 7 nitrogen and oxygen atoms in total. The maximum atomic E-state index is 12.8. The Morgan fingerprint density at radius 1 is 1.00 bits per heavy atom. The number of nitrogens with two attached hydrogens (primary N) is 1. The molecule has 0 unspecified atom stereocenters. The third-order valence-electron chi connectivity index (χ3n) is 4.56. The Balaban J connectivity index is 2.79. The van der Waals surface area contributed by atoms with Gasteiger partial charge in [0.05, 0.1) is 6.04 Å². The summed E-state index contributed by atoms with van der Waals surface area (Å²) in [4.78, 5) is 37.6. The Hall–Kier alpha value is -2.41. The lowest BCUT2D eigenvalue weighted by atomic mass is 10.00. The summed E-state index contributed by atoms with van der Waals surface area (Å²) in [6.45, 7) is 9.52. The van der Waals surface area contributed by atoms with E-state index in [0.717, 1.165) is 5.56 Å². The third kappa shape index (κ3) is 8.64. The van der Waals surface area contributed by atoms with E-state index in [9.17, 15) is 14.4 Å². The zero-order chi connectivity index (χ0) is 22.0. The zero-order valence-corrected chi connectivity index (χ0v) is 18.1. The standard InChI is InChI=1S/C22H35N3O4/c1-6-17(23)20(26)24-18(12-14(2)3)21(27)25-19(15(4)5)22(28)29-13-16-10-8-7-9-11-16/h7-11,14-15,17-19H,6,12-13,23H2,1-5H3,(H,24,26)(H,25,27)/t17-,18+,19-/m0/s1. The molecule has 1 aromatic rings. The molecule has 29 heavy (non-hydrogen) atoms. The first kappa shape index (κ1) is 24.6. The van der Waals surface area contributed by atoms with Crippen LogP contribution in [0.4, 0.5) is 0 Å². The first-order chi connectivity index (χ1) is 13.6. The highest BCUT2D eigenvalue weighted by Crippen LogP contribution is 2.10. The summed E-state index contributed by atoms with van der Waals surface area (Å²) >= 11 is 0. The topological polar surface area (TPSA) is 111 Å². The number of carbonyl (C=O) groups is 3. The first-order valence-electron chi connectivity index (χ1n) is 10.2. The van der Waals surface area contributed by atoms with E-state index in [1.54, 1.807) is 6.92 Å². The fraction of sp³-hybridized carbons (Fsp3) is 0.591. The quantitative estimate of drug-likeness (QED) is 0.489. The van der Waals surface area contributed by atoms with E-state index in [1.807, 2.05) is 58.0 Å². The van der Waals surface area contributed by atoms with Crippen LogP contribution >= 0.6 is 0 Å². The van der Waals surface area contributed by atoms with Crippen LogP contribution in [0.15, 0.2) is 30.3 Å². The van der Waals surface area contributed by atoms with Crippen LogP contribution in [-0.2, 0) is 25.7 Å². The van der Waals surface area contributed by atoms with Crippen LogP contribution in [-0.4, -0.2) is 35.9 Å². The molecule has 2 amide bonds. The van der Waals surface area contributed by atoms with Gasteiger partial charge in [0.2, 0.25) is 11.8 Å². The summed E-state index contributed by atoms with van der Waals surface area (Å²) in [5, 5.41) is 5.46. The van der Waals surface area contributed by atoms with Gasteiger partial charge in [-0.25, -0.2) is 4.79 Å². The maximum absolute atomic E-state index is 12.8. The van der Waals surface area contributed by atoms with Gasteiger partial charge in [0, 0.05) is 0 Å². The molecule has 1 aromatic carbocycles. The number of hydrogen-bond donors (Lipinski definition) is 3. The van der Waals surface area contributed by atoms with Crippen molar-refractivity contribution in [2.24, 2.45) is 17.6 Å². The second-order valence-corrected chi connectivity index (χ2v) is 8.03. The van der Waals surface area contributed by atoms with Gasteiger partial charge in [-0.05, 0) is 30.2 Å². The van der Waals surface area contributed by atoms with Gasteiger partial charge in [0.15, 0.2) is 0 Å². The predicted molar refractivity (Wildman–Crippen MR) is 113 cm³/mol. The second-order valence-electron chi connectivity index (χ2n) is 8.03. The molecule has 0 aliphatic heterocycles. The Labute approximate surface area is 173 Å². The summed E-state index contributed by atoms with van der Waals surface area (Å²) in [5.74, 6) is -1.29. The van der Waals surface area contributed by atoms with E-state index in [2.05, 4.69) is 10.6 Å². The Bertz CT molecular complexity index is 661. The van der Waals surface area contributed by atoms with Gasteiger partial charge < -0.3 is 21.1 Å². The number of nitrogens with one attached hydrogen (secondary N) is 2. The van der Waals surface area contributed by atoms with Crippen molar-refractivity contribution >= 4 is 17.8 Å². The van der Waals surface area contributed by atoms with Gasteiger partial charge in [-0.3, -0.25) is 9.59 Å². The highest BCUT2D eigenvalue weighted by molar-refractivity contribution is 5.92. The predicted octanol–water partition coefficient (Wildman–Crippen LogP) is 2.14. The Morgan fingerprint density at radius 2 is 1.62 bits per heavy atom. The molecule has 7 heteroatoms. The molecule has 0 heterocycles. The van der Waals surface area contributed by atoms with Gasteiger partial charge >= 0.3 is 5.97 Å². The van der Waals surface area contributed by atoms with Crippen LogP contribution in [0.3, 0.4) is 0 Å². The van der Waals surface area contributed by atoms with Crippen LogP contribution in [0.25, 0.3) is 0 Å². The van der Waals surface area contributed by atoms with E-state index in [4.69, 9.17) is 10.5 Å². The van der Waals surface area contributed by atoms with Gasteiger partial charge in [-0.1, -0.05) is 65.0 Å². The number of benzene rings is 1. The minimum atomic E-state index is -0.808. The Morgan fingerprint density at radius 3 is 2.14 bits per heavy atom. The molecule has 4 N–H and O–H groups in total. The highest BCUT2D eigenvalue weighted by Gasteiger charge is 2.30. The molecular weight excluding hydrogens is 370 g/mol. The maximum Gasteiger partial charge on any atom is 0.329 e. The number of hydrogen-bond acceptors (Lipinski definition) is 5. The molecule has 0 aromatic heterocycles. The summed E-state index contributed by atoms with van der Waals surface area (Å²) in [5.41, 5.74) is 6.64. The smallest absolute Gasteiger partial charge is 0.329 e. The van der Waals surface area contributed by atoms with E-state index in [1.165, 1.54) is 0 Å². The second kappa shape index (κ2) is 12.2. The monoisotopic (exact) mass is 405 g/mol. The van der Waals surface area contributed by atoms with Crippen molar-refractivity contribution in [3.63, 3.8) is 0 Å². The molecule has 0 aliphatic carbocycles. The number of ether oxygens (including phenoxy) is 1. The van der Waals surface area contributed by atoms with Crippen molar-refractivity contribution in [2.75, 3.05) is 0 Å². The summed E-state index contributed by atoms with van der Waals surface area (Å²) < 4.78 is 5.39. The number of carbonyl (C=O) groups excluding carboxylic acids is 3. The highest BCUT2D eigenvalue weighted by atomic mass is 16.5. The van der Waals surface area contributed by atoms with Crippen molar-refractivity contribution < 1.29 is 19.1 Å². The van der Waals surface area contributed by atoms with E-state index < -0.39 is 30.0 Å². The lowest BCUT2D eigenvalue weighted by Crippen LogP contribution is -2.55.